The van der Waals surface area contributed by atoms with Crippen molar-refractivity contribution >= 4 is 143 Å². The summed E-state index contributed by atoms with van der Waals surface area (Å²) in [4.78, 5) is 64.4. The van der Waals surface area contributed by atoms with Gasteiger partial charge in [0.05, 0.1) is 104 Å². The molecular formula is C106H89N27O2. The predicted molar refractivity (Wildman–Crippen MR) is 536 cm³/mol. The summed E-state index contributed by atoms with van der Waals surface area (Å²) in [6.45, 7) is 0.941. The van der Waals surface area contributed by atoms with Crippen molar-refractivity contribution in [2.75, 3.05) is 5.43 Å². The molecule has 0 aliphatic carbocycles. The van der Waals surface area contributed by atoms with Crippen LogP contribution in [0.5, 0.6) is 0 Å². The van der Waals surface area contributed by atoms with Crippen molar-refractivity contribution in [2.24, 2.45) is 0 Å². The number of H-pyrrole nitrogens is 7. The molecule has 19 aromatic heterocycles. The average Bonchev–Trinajstić information content (AvgIpc) is 1.44. The zero-order valence-corrected chi connectivity index (χ0v) is 72.6. The highest BCUT2D eigenvalue weighted by molar-refractivity contribution is 5.84. The monoisotopic (exact) mass is 1770 g/mol. The topological polar surface area (TPSA) is 384 Å². The van der Waals surface area contributed by atoms with E-state index in [1.54, 1.807) is 86.8 Å². The first-order chi connectivity index (χ1) is 67.0. The summed E-state index contributed by atoms with van der Waals surface area (Å²) in [7, 11) is 0. The Morgan fingerprint density at radius 2 is 0.785 bits per heavy atom. The first kappa shape index (κ1) is 90.5. The van der Waals surface area contributed by atoms with Crippen molar-refractivity contribution in [2.45, 2.75) is 6.54 Å². The number of nitrogens with one attached hydrogen (secondary N) is 9. The number of fused-ring (bicyclic) bond motifs is 14. The number of imidazole rings is 2. The molecule has 9 N–H and O–H groups in total. The molecule has 9 aromatic carbocycles. The van der Waals surface area contributed by atoms with E-state index in [0.29, 0.717) is 5.71 Å². The molecule has 0 saturated carbocycles. The maximum atomic E-state index is 5.01. The molecule has 660 valence electrons. The van der Waals surface area contributed by atoms with E-state index < -0.39 is 0 Å². The van der Waals surface area contributed by atoms with Gasteiger partial charge in [-0.15, -0.1) is 0 Å². The van der Waals surface area contributed by atoms with Gasteiger partial charge >= 0.3 is 0 Å². The van der Waals surface area contributed by atoms with Crippen LogP contribution in [0.2, 0.25) is 0 Å². The lowest BCUT2D eigenvalue weighted by Crippen LogP contribution is -2.10. The van der Waals surface area contributed by atoms with Crippen molar-refractivity contribution in [3.8, 4) is 0 Å². The van der Waals surface area contributed by atoms with Crippen molar-refractivity contribution in [1.82, 2.24) is 130 Å². The van der Waals surface area contributed by atoms with Gasteiger partial charge < -0.3 is 38.7 Å². The summed E-state index contributed by atoms with van der Waals surface area (Å²) in [5, 5.41) is 33.9. The first-order valence-electron chi connectivity index (χ1n) is 42.5. The Hall–Kier alpha value is -19.3. The van der Waals surface area contributed by atoms with Gasteiger partial charge in [-0.1, -0.05) is 193 Å². The van der Waals surface area contributed by atoms with Gasteiger partial charge in [-0.25, -0.2) is 45.3 Å². The van der Waals surface area contributed by atoms with Crippen LogP contribution < -0.4 is 10.9 Å². The Morgan fingerprint density at radius 1 is 0.274 bits per heavy atom. The molecule has 135 heavy (non-hydrogen) atoms. The minimum absolute atomic E-state index is 0.706. The van der Waals surface area contributed by atoms with Gasteiger partial charge in [0.1, 0.15) is 30.1 Å². The Bertz CT molecular complexity index is 6390. The molecule has 28 aromatic rings. The highest BCUT2D eigenvalue weighted by atomic mass is 16.5. The number of furan rings is 1. The van der Waals surface area contributed by atoms with Crippen LogP contribution in [-0.2, 0) is 6.54 Å². The van der Waals surface area contributed by atoms with Crippen LogP contribution in [0, 0.1) is 0 Å². The number of anilines is 1. The van der Waals surface area contributed by atoms with Gasteiger partial charge in [-0.2, -0.15) is 15.3 Å². The Kier molecular flexibility index (Phi) is 33.7. The molecule has 29 heteroatoms. The average molecular weight is 1770 g/mol. The van der Waals surface area contributed by atoms with Gasteiger partial charge in [0.2, 0.25) is 5.71 Å². The molecule has 0 radical (unpaired) electrons. The molecule has 29 nitrogen and oxygen atoms in total. The van der Waals surface area contributed by atoms with Gasteiger partial charge in [0, 0.05) is 126 Å². The highest BCUT2D eigenvalue weighted by Crippen LogP contribution is 2.19. The van der Waals surface area contributed by atoms with Crippen molar-refractivity contribution < 1.29 is 8.94 Å². The molecule has 0 saturated heterocycles. The van der Waals surface area contributed by atoms with Crippen molar-refractivity contribution in [1.29, 1.82) is 0 Å². The highest BCUT2D eigenvalue weighted by Gasteiger charge is 2.06. The van der Waals surface area contributed by atoms with Crippen LogP contribution >= 0.6 is 0 Å². The summed E-state index contributed by atoms with van der Waals surface area (Å²) >= 11 is 0. The molecule has 0 amide bonds. The maximum absolute atomic E-state index is 5.01. The second-order valence-corrected chi connectivity index (χ2v) is 28.5. The fourth-order valence-corrected chi connectivity index (χ4v) is 12.9. The van der Waals surface area contributed by atoms with E-state index in [-0.39, 0.29) is 0 Å². The number of rotatable bonds is 0. The van der Waals surface area contributed by atoms with Crippen LogP contribution in [0.3, 0.4) is 0 Å². The number of nitrogens with zero attached hydrogens (tertiary/aromatic N) is 18. The number of para-hydroxylation sites is 8. The van der Waals surface area contributed by atoms with Gasteiger partial charge in [-0.05, 0) is 167 Å². The number of benzene rings is 9. The fraction of sp³-hybridized carbons (Fsp3) is 0.00943. The molecule has 0 fully saturated rings. The Morgan fingerprint density at radius 3 is 1.39 bits per heavy atom. The summed E-state index contributed by atoms with van der Waals surface area (Å²) < 4.78 is 11.3. The largest absolute Gasteiger partial charge is 0.446 e. The lowest BCUT2D eigenvalue weighted by Gasteiger charge is -1.93. The molecule has 0 bridgehead atoms. The third-order valence-electron chi connectivity index (χ3n) is 19.5. The van der Waals surface area contributed by atoms with Gasteiger partial charge in [0.25, 0.3) is 0 Å². The molecule has 1 aliphatic rings. The standard InChI is InChI=1S/C10H8.2C9H7N.C8H6N2.2C8H7N.C7H6N2.C7H8N2.C7H6N2.C7H5NO.3C6H5N3.C5H4N4.C3H3NO/c1-2-6-10-8-4-3-7-9(10)5-1;2*1-2-6-9-8(4-1)5-3-7-10-9;1-2-4-8-7(3-1)9-5-6-10-8;2*1-2-4-8-7(3-1)5-6-9-8;1-2-5-9-6-4-8-7(9)3-1;2*1-2-4-7-6(3-1)5-8-9-7;1-2-6-3-5-9-7(6)8-4-1;1-2-8-6-3-7-4-9-5(1)6;1-2-5-6(7-3-1)9-4-8-5;1-2-5-6(7-3-1)4-8-9-5;1-4-2-8-9-5(4)7-3-6-1;1-2-4-5-3-1/h1-8H;2*1-7H;1-6H;2*1-6,9H;1-6H;1-4,8-9H,5H2;1-5H,(H,8,9);1-5H;1-4,8H;1-4H,(H,7,8,9);1-4H,(H,8,9);1-3H,(H,6,7,8,9);1-3H. The van der Waals surface area contributed by atoms with Crippen molar-refractivity contribution in [3.63, 3.8) is 0 Å². The van der Waals surface area contributed by atoms with Crippen LogP contribution in [0.1, 0.15) is 5.56 Å². The number of aromatic amines is 7. The van der Waals surface area contributed by atoms with E-state index in [2.05, 4.69) is 257 Å². The number of pyridine rings is 6. The van der Waals surface area contributed by atoms with E-state index >= 15 is 0 Å². The number of hydrazine groups is 1. The zero-order chi connectivity index (χ0) is 91.8. The van der Waals surface area contributed by atoms with E-state index in [0.717, 1.165) is 94.8 Å². The maximum Gasteiger partial charge on any atom is 0.225 e. The molecule has 29 rings (SSSR count). The molecule has 20 heterocycles. The molecule has 0 spiro atoms. The first-order valence-corrected chi connectivity index (χ1v) is 42.5. The smallest absolute Gasteiger partial charge is 0.225 e. The molecule has 0 atom stereocenters. The van der Waals surface area contributed by atoms with Gasteiger partial charge in [0.15, 0.2) is 11.3 Å². The SMILES string of the molecule is c1ccc2[nH]ccc2c1.c1ccc2[nH]ccc2c1.c1ccc2[nH]ncc2c1.c1ccc2c(c1)CNN2.c1ccc2ccccc2c1.c1ccc2ncccc2c1.c1ccc2ncccc2c1.c1ccc2nccnc2c1.c1ccn2ccnc2c1.c1cnc2cn[nH]c2c1.c1cnc2nc[nH]c2c1.c1cnc2occc2c1.c1cnoc1.c1ncc2[nH]ccc2n1.c1ncc2cn[nH]c2n1. The summed E-state index contributed by atoms with van der Waals surface area (Å²) in [5.74, 6) is 0. The zero-order valence-electron chi connectivity index (χ0n) is 72.6. The number of hydrogen-bond donors (Lipinski definition) is 9. The molecule has 0 unspecified atom stereocenters. The van der Waals surface area contributed by atoms with E-state index in [1.807, 2.05) is 254 Å². The van der Waals surface area contributed by atoms with Crippen LogP contribution in [0.15, 0.2) is 486 Å². The van der Waals surface area contributed by atoms with E-state index in [9.17, 15) is 0 Å². The quantitative estimate of drug-likeness (QED) is 0.0681. The Labute approximate surface area is 772 Å². The van der Waals surface area contributed by atoms with Crippen LogP contribution in [-0.4, -0.2) is 125 Å². The predicted octanol–water partition coefficient (Wildman–Crippen LogP) is 23.0. The van der Waals surface area contributed by atoms with E-state index in [1.165, 1.54) is 73.5 Å². The number of hydrogen-bond acceptors (Lipinski definition) is 21. The lowest BCUT2D eigenvalue weighted by molar-refractivity contribution is 0.420. The van der Waals surface area contributed by atoms with Crippen molar-refractivity contribution in [3.05, 3.63) is 482 Å². The third kappa shape index (κ3) is 28.1. The fourth-order valence-electron chi connectivity index (χ4n) is 12.9. The summed E-state index contributed by atoms with van der Waals surface area (Å²) in [6.07, 6.45) is 41.7. The normalized spacial score (nSPS) is 10.4. The van der Waals surface area contributed by atoms with Crippen LogP contribution in [0.4, 0.5) is 5.69 Å². The van der Waals surface area contributed by atoms with Gasteiger partial charge in [-0.3, -0.25) is 40.2 Å². The minimum Gasteiger partial charge on any atom is -0.446 e. The second-order valence-electron chi connectivity index (χ2n) is 28.5. The molecular weight excluding hydrogens is 1680 g/mol. The lowest BCUT2D eigenvalue weighted by atomic mass is 10.1. The Balaban J connectivity index is 0.000000110. The van der Waals surface area contributed by atoms with E-state index in [4.69, 9.17) is 4.42 Å². The minimum atomic E-state index is 0.706. The third-order valence-corrected chi connectivity index (χ3v) is 19.5. The second kappa shape index (κ2) is 50.3. The molecule has 1 aliphatic heterocycles. The summed E-state index contributed by atoms with van der Waals surface area (Å²) in [5.41, 5.74) is 24.3. The number of aromatic nitrogens is 25. The summed E-state index contributed by atoms with van der Waals surface area (Å²) in [6, 6.07) is 108. The van der Waals surface area contributed by atoms with Crippen LogP contribution in [0.25, 0.3) is 137 Å².